The summed E-state index contributed by atoms with van der Waals surface area (Å²) in [4.78, 5) is 22.8. The zero-order valence-electron chi connectivity index (χ0n) is 12.5. The van der Waals surface area contributed by atoms with Crippen molar-refractivity contribution in [2.45, 2.75) is 19.8 Å². The highest BCUT2D eigenvalue weighted by atomic mass is 16.5. The molecule has 1 rings (SSSR count). The molecule has 0 saturated carbocycles. The lowest BCUT2D eigenvalue weighted by Crippen LogP contribution is -2.15. The molecule has 5 heteroatoms. The van der Waals surface area contributed by atoms with Crippen molar-refractivity contribution in [3.63, 3.8) is 0 Å². The van der Waals surface area contributed by atoms with Crippen LogP contribution in [0.25, 0.3) is 6.08 Å². The third-order valence-corrected chi connectivity index (χ3v) is 2.72. The molecule has 0 radical (unpaired) electrons. The van der Waals surface area contributed by atoms with Crippen LogP contribution >= 0.6 is 0 Å². The lowest BCUT2D eigenvalue weighted by atomic mass is 10.2. The van der Waals surface area contributed by atoms with Crippen LogP contribution < -0.4 is 10.6 Å². The van der Waals surface area contributed by atoms with Gasteiger partial charge in [0.05, 0.1) is 6.61 Å². The lowest BCUT2D eigenvalue weighted by Gasteiger charge is -2.05. The normalized spacial score (nSPS) is 10.6. The summed E-state index contributed by atoms with van der Waals surface area (Å²) in [6, 6.07) is 7.28. The molecule has 1 aromatic carbocycles. The fourth-order valence-corrected chi connectivity index (χ4v) is 1.68. The molecule has 21 heavy (non-hydrogen) atoms. The second kappa shape index (κ2) is 9.72. The summed E-state index contributed by atoms with van der Waals surface area (Å²) in [6.07, 6.45) is 4.36. The van der Waals surface area contributed by atoms with Crippen LogP contribution in [0.4, 0.5) is 5.69 Å². The van der Waals surface area contributed by atoms with Crippen molar-refractivity contribution >= 4 is 23.6 Å². The fraction of sp³-hybridized carbons (Fsp3) is 0.375. The summed E-state index contributed by atoms with van der Waals surface area (Å²) in [5.41, 5.74) is 1.62. The molecule has 0 bridgehead atoms. The van der Waals surface area contributed by atoms with Crippen LogP contribution in [-0.2, 0) is 14.3 Å². The fourth-order valence-electron chi connectivity index (χ4n) is 1.68. The third-order valence-electron chi connectivity index (χ3n) is 2.72. The Kier molecular flexibility index (Phi) is 7.82. The van der Waals surface area contributed by atoms with E-state index in [1.807, 2.05) is 19.2 Å². The van der Waals surface area contributed by atoms with Gasteiger partial charge in [-0.1, -0.05) is 12.1 Å². The molecule has 0 unspecified atom stereocenters. The maximum absolute atomic E-state index is 11.6. The third kappa shape index (κ3) is 7.27. The lowest BCUT2D eigenvalue weighted by molar-refractivity contribution is -0.137. The highest BCUT2D eigenvalue weighted by Gasteiger charge is 2.01. The molecule has 0 aliphatic rings. The monoisotopic (exact) mass is 290 g/mol. The first-order valence-electron chi connectivity index (χ1n) is 7.05. The van der Waals surface area contributed by atoms with Gasteiger partial charge in [-0.05, 0) is 50.7 Å². The van der Waals surface area contributed by atoms with E-state index in [-0.39, 0.29) is 11.9 Å². The summed E-state index contributed by atoms with van der Waals surface area (Å²) in [5, 5.41) is 5.83. The van der Waals surface area contributed by atoms with Gasteiger partial charge in [0.25, 0.3) is 0 Å². The minimum atomic E-state index is -0.362. The first-order valence-corrected chi connectivity index (χ1v) is 7.05. The van der Waals surface area contributed by atoms with Crippen LogP contribution in [0.3, 0.4) is 0 Å². The molecular weight excluding hydrogens is 268 g/mol. The molecule has 2 N–H and O–H groups in total. The number of carbonyl (C=O) groups excluding carboxylic acids is 2. The van der Waals surface area contributed by atoms with Gasteiger partial charge in [0.1, 0.15) is 0 Å². The Hall–Kier alpha value is -2.14. The van der Waals surface area contributed by atoms with Gasteiger partial charge in [0.15, 0.2) is 0 Å². The summed E-state index contributed by atoms with van der Waals surface area (Å²) >= 11 is 0. The molecule has 0 heterocycles. The van der Waals surface area contributed by atoms with E-state index in [9.17, 15) is 9.59 Å². The Morgan fingerprint density at radius 2 is 1.95 bits per heavy atom. The van der Waals surface area contributed by atoms with Gasteiger partial charge in [-0.2, -0.15) is 0 Å². The Bertz CT molecular complexity index is 481. The van der Waals surface area contributed by atoms with E-state index in [1.165, 1.54) is 6.08 Å². The van der Waals surface area contributed by atoms with E-state index in [4.69, 9.17) is 4.74 Å². The van der Waals surface area contributed by atoms with Crippen LogP contribution in [0.15, 0.2) is 30.3 Å². The maximum atomic E-state index is 11.6. The Morgan fingerprint density at radius 1 is 1.24 bits per heavy atom. The molecule has 1 aromatic rings. The van der Waals surface area contributed by atoms with Gasteiger partial charge < -0.3 is 15.4 Å². The number of ether oxygens (including phenoxy) is 1. The first kappa shape index (κ1) is 16.9. The van der Waals surface area contributed by atoms with E-state index < -0.39 is 0 Å². The van der Waals surface area contributed by atoms with Gasteiger partial charge in [-0.3, -0.25) is 4.79 Å². The SMILES string of the molecule is CCOC(=O)C=Cc1ccc(NC(=O)CCCNC)cc1. The van der Waals surface area contributed by atoms with Crippen LogP contribution in [0.1, 0.15) is 25.3 Å². The summed E-state index contributed by atoms with van der Waals surface area (Å²) < 4.78 is 4.80. The number of benzene rings is 1. The zero-order valence-corrected chi connectivity index (χ0v) is 12.5. The topological polar surface area (TPSA) is 67.4 Å². The van der Waals surface area contributed by atoms with Crippen molar-refractivity contribution in [2.75, 3.05) is 25.5 Å². The van der Waals surface area contributed by atoms with Gasteiger partial charge in [0.2, 0.25) is 5.91 Å². The van der Waals surface area contributed by atoms with E-state index in [0.29, 0.717) is 13.0 Å². The molecule has 5 nitrogen and oxygen atoms in total. The highest BCUT2D eigenvalue weighted by Crippen LogP contribution is 2.11. The average molecular weight is 290 g/mol. The average Bonchev–Trinajstić information content (AvgIpc) is 2.47. The second-order valence-corrected chi connectivity index (χ2v) is 4.46. The number of hydrogen-bond acceptors (Lipinski definition) is 4. The van der Waals surface area contributed by atoms with Crippen molar-refractivity contribution < 1.29 is 14.3 Å². The van der Waals surface area contributed by atoms with Crippen molar-refractivity contribution in [3.05, 3.63) is 35.9 Å². The van der Waals surface area contributed by atoms with Gasteiger partial charge >= 0.3 is 5.97 Å². The quantitative estimate of drug-likeness (QED) is 0.437. The Labute approximate surface area is 125 Å². The molecule has 1 amide bonds. The number of carbonyl (C=O) groups is 2. The van der Waals surface area contributed by atoms with E-state index in [1.54, 1.807) is 25.1 Å². The number of esters is 1. The highest BCUT2D eigenvalue weighted by molar-refractivity contribution is 5.91. The molecule has 0 aliphatic heterocycles. The van der Waals surface area contributed by atoms with Crippen LogP contribution in [-0.4, -0.2) is 32.1 Å². The van der Waals surface area contributed by atoms with Crippen molar-refractivity contribution in [2.24, 2.45) is 0 Å². The van der Waals surface area contributed by atoms with Crippen LogP contribution in [0.5, 0.6) is 0 Å². The van der Waals surface area contributed by atoms with Gasteiger partial charge in [-0.25, -0.2) is 4.79 Å². The van der Waals surface area contributed by atoms with E-state index in [2.05, 4.69) is 10.6 Å². The molecule has 0 saturated heterocycles. The molecule has 0 atom stereocenters. The number of amides is 1. The van der Waals surface area contributed by atoms with E-state index in [0.717, 1.165) is 24.2 Å². The van der Waals surface area contributed by atoms with Crippen LogP contribution in [0.2, 0.25) is 0 Å². The first-order chi connectivity index (χ1) is 10.2. The minimum absolute atomic E-state index is 0.0000608. The predicted octanol–water partition coefficient (Wildman–Crippen LogP) is 2.20. The Morgan fingerprint density at radius 3 is 2.57 bits per heavy atom. The van der Waals surface area contributed by atoms with Crippen LogP contribution in [0, 0.1) is 0 Å². The maximum Gasteiger partial charge on any atom is 0.330 e. The summed E-state index contributed by atoms with van der Waals surface area (Å²) in [6.45, 7) is 2.95. The zero-order chi connectivity index (χ0) is 15.5. The number of hydrogen-bond donors (Lipinski definition) is 2. The summed E-state index contributed by atoms with van der Waals surface area (Å²) in [7, 11) is 1.86. The minimum Gasteiger partial charge on any atom is -0.463 e. The molecule has 0 aromatic heterocycles. The number of anilines is 1. The van der Waals surface area contributed by atoms with Gasteiger partial charge in [0, 0.05) is 18.2 Å². The molecular formula is C16H22N2O3. The molecule has 114 valence electrons. The standard InChI is InChI=1S/C16H22N2O3/c1-3-21-16(20)11-8-13-6-9-14(10-7-13)18-15(19)5-4-12-17-2/h6-11,17H,3-5,12H2,1-2H3,(H,18,19). The molecule has 0 fully saturated rings. The summed E-state index contributed by atoms with van der Waals surface area (Å²) in [5.74, 6) is -0.362. The predicted molar refractivity (Wildman–Crippen MR) is 83.9 cm³/mol. The largest absolute Gasteiger partial charge is 0.463 e. The molecule has 0 spiro atoms. The number of rotatable bonds is 8. The smallest absolute Gasteiger partial charge is 0.330 e. The van der Waals surface area contributed by atoms with Crippen molar-refractivity contribution in [3.8, 4) is 0 Å². The van der Waals surface area contributed by atoms with Crippen molar-refractivity contribution in [1.82, 2.24) is 5.32 Å². The number of nitrogens with one attached hydrogen (secondary N) is 2. The van der Waals surface area contributed by atoms with Crippen molar-refractivity contribution in [1.29, 1.82) is 0 Å². The van der Waals surface area contributed by atoms with E-state index >= 15 is 0 Å². The second-order valence-electron chi connectivity index (χ2n) is 4.46. The van der Waals surface area contributed by atoms with Gasteiger partial charge in [-0.15, -0.1) is 0 Å². The Balaban J connectivity index is 2.46. The molecule has 0 aliphatic carbocycles.